The first-order valence-electron chi connectivity index (χ1n) is 8.03. The lowest BCUT2D eigenvalue weighted by Crippen LogP contribution is -2.37. The summed E-state index contributed by atoms with van der Waals surface area (Å²) >= 11 is 0. The maximum Gasteiger partial charge on any atom is 0.191 e. The maximum atomic E-state index is 6.01. The summed E-state index contributed by atoms with van der Waals surface area (Å²) in [5.41, 5.74) is 8.27. The monoisotopic (exact) mass is 311 g/mol. The van der Waals surface area contributed by atoms with Crippen molar-refractivity contribution in [3.05, 3.63) is 65.7 Å². The van der Waals surface area contributed by atoms with Crippen LogP contribution in [-0.2, 0) is 13.2 Å². The molecule has 0 saturated carbocycles. The van der Waals surface area contributed by atoms with E-state index in [0.717, 1.165) is 30.0 Å². The lowest BCUT2D eigenvalue weighted by Gasteiger charge is -2.19. The van der Waals surface area contributed by atoms with Crippen molar-refractivity contribution < 1.29 is 4.74 Å². The fraction of sp³-hybridized carbons (Fsp3) is 0.316. The van der Waals surface area contributed by atoms with Crippen LogP contribution in [0.5, 0.6) is 5.75 Å². The molecule has 0 bridgehead atoms. The lowest BCUT2D eigenvalue weighted by molar-refractivity contribution is 0.306. The highest BCUT2D eigenvalue weighted by Gasteiger charge is 2.02. The van der Waals surface area contributed by atoms with Gasteiger partial charge < -0.3 is 15.4 Å². The van der Waals surface area contributed by atoms with Crippen LogP contribution < -0.4 is 10.5 Å². The fourth-order valence-electron chi connectivity index (χ4n) is 2.32. The van der Waals surface area contributed by atoms with Crippen molar-refractivity contribution >= 4 is 5.96 Å². The normalized spacial score (nSPS) is 11.3. The molecule has 0 fully saturated rings. The third-order valence-corrected chi connectivity index (χ3v) is 3.65. The van der Waals surface area contributed by atoms with Gasteiger partial charge in [-0.25, -0.2) is 4.99 Å². The number of nitrogens with zero attached hydrogens (tertiary/aromatic N) is 2. The molecule has 2 N–H and O–H groups in total. The van der Waals surface area contributed by atoms with Crippen molar-refractivity contribution in [2.24, 2.45) is 10.7 Å². The third kappa shape index (κ3) is 5.33. The van der Waals surface area contributed by atoms with Crippen LogP contribution in [0.25, 0.3) is 0 Å². The molecule has 2 rings (SSSR count). The molecular weight excluding hydrogens is 286 g/mol. The molecule has 2 aromatic carbocycles. The van der Waals surface area contributed by atoms with E-state index in [1.54, 1.807) is 0 Å². The summed E-state index contributed by atoms with van der Waals surface area (Å²) in [6, 6.07) is 18.1. The first kappa shape index (κ1) is 16.9. The quantitative estimate of drug-likeness (QED) is 0.629. The molecule has 122 valence electrons. The number of hydrogen-bond acceptors (Lipinski definition) is 2. The van der Waals surface area contributed by atoms with Crippen molar-refractivity contribution in [3.63, 3.8) is 0 Å². The second-order valence-corrected chi connectivity index (χ2v) is 5.27. The molecule has 0 aromatic heterocycles. The van der Waals surface area contributed by atoms with Gasteiger partial charge in [-0.05, 0) is 37.1 Å². The minimum Gasteiger partial charge on any atom is -0.489 e. The Kier molecular flexibility index (Phi) is 6.48. The van der Waals surface area contributed by atoms with E-state index in [4.69, 9.17) is 10.5 Å². The Morgan fingerprint density at radius 1 is 1.00 bits per heavy atom. The highest BCUT2D eigenvalue weighted by atomic mass is 16.5. The largest absolute Gasteiger partial charge is 0.489 e. The summed E-state index contributed by atoms with van der Waals surface area (Å²) in [6.07, 6.45) is 0. The van der Waals surface area contributed by atoms with Crippen LogP contribution in [0.2, 0.25) is 0 Å². The second-order valence-electron chi connectivity index (χ2n) is 5.27. The standard InChI is InChI=1S/C19H25N3O/c1-3-22(4-2)19(20)21-14-16-9-8-10-17(13-16)15-23-18-11-6-5-7-12-18/h5-13H,3-4,14-15H2,1-2H3,(H2,20,21). The van der Waals surface area contributed by atoms with Crippen LogP contribution in [0.1, 0.15) is 25.0 Å². The molecule has 0 saturated heterocycles. The first-order chi connectivity index (χ1) is 11.2. The van der Waals surface area contributed by atoms with Crippen LogP contribution in [-0.4, -0.2) is 23.9 Å². The van der Waals surface area contributed by atoms with E-state index in [9.17, 15) is 0 Å². The van der Waals surface area contributed by atoms with Crippen molar-refractivity contribution in [2.45, 2.75) is 27.0 Å². The Bertz CT molecular complexity index is 622. The Labute approximate surface area is 138 Å². The van der Waals surface area contributed by atoms with Gasteiger partial charge in [-0.2, -0.15) is 0 Å². The molecule has 0 aliphatic rings. The molecule has 23 heavy (non-hydrogen) atoms. The van der Waals surface area contributed by atoms with E-state index in [2.05, 4.69) is 37.0 Å². The Hall–Kier alpha value is -2.49. The summed E-state index contributed by atoms with van der Waals surface area (Å²) in [4.78, 5) is 6.52. The number of hydrogen-bond donors (Lipinski definition) is 1. The highest BCUT2D eigenvalue weighted by Crippen LogP contribution is 2.13. The summed E-state index contributed by atoms with van der Waals surface area (Å²) in [5, 5.41) is 0. The van der Waals surface area contributed by atoms with Crippen molar-refractivity contribution in [1.82, 2.24) is 4.90 Å². The van der Waals surface area contributed by atoms with Gasteiger partial charge in [0.1, 0.15) is 12.4 Å². The summed E-state index contributed by atoms with van der Waals surface area (Å²) in [5.74, 6) is 1.47. The van der Waals surface area contributed by atoms with Crippen LogP contribution in [0, 0.1) is 0 Å². The molecule has 0 unspecified atom stereocenters. The second kappa shape index (κ2) is 8.83. The van der Waals surface area contributed by atoms with Crippen LogP contribution in [0.15, 0.2) is 59.6 Å². The Morgan fingerprint density at radius 3 is 2.39 bits per heavy atom. The Morgan fingerprint density at radius 2 is 1.70 bits per heavy atom. The number of benzene rings is 2. The van der Waals surface area contributed by atoms with Gasteiger partial charge in [0, 0.05) is 13.1 Å². The smallest absolute Gasteiger partial charge is 0.191 e. The number of para-hydroxylation sites is 1. The van der Waals surface area contributed by atoms with Crippen LogP contribution in [0.3, 0.4) is 0 Å². The Balaban J connectivity index is 1.95. The third-order valence-electron chi connectivity index (χ3n) is 3.65. The van der Waals surface area contributed by atoms with Crippen molar-refractivity contribution in [1.29, 1.82) is 0 Å². The number of ether oxygens (including phenoxy) is 1. The zero-order valence-corrected chi connectivity index (χ0v) is 13.9. The molecule has 0 radical (unpaired) electrons. The van der Waals surface area contributed by atoms with E-state index >= 15 is 0 Å². The minimum absolute atomic E-state index is 0.549. The molecule has 0 amide bonds. The van der Waals surface area contributed by atoms with E-state index < -0.39 is 0 Å². The maximum absolute atomic E-state index is 6.01. The van der Waals surface area contributed by atoms with Gasteiger partial charge in [-0.3, -0.25) is 0 Å². The number of nitrogens with two attached hydrogens (primary N) is 1. The number of guanidine groups is 1. The zero-order chi connectivity index (χ0) is 16.5. The average molecular weight is 311 g/mol. The topological polar surface area (TPSA) is 50.8 Å². The summed E-state index contributed by atoms with van der Waals surface area (Å²) < 4.78 is 5.78. The molecule has 0 atom stereocenters. The average Bonchev–Trinajstić information content (AvgIpc) is 2.60. The van der Waals surface area contributed by atoms with Crippen LogP contribution >= 0.6 is 0 Å². The molecule has 0 spiro atoms. The van der Waals surface area contributed by atoms with Gasteiger partial charge in [0.15, 0.2) is 5.96 Å². The molecule has 2 aromatic rings. The van der Waals surface area contributed by atoms with E-state index in [1.807, 2.05) is 41.3 Å². The van der Waals surface area contributed by atoms with Crippen molar-refractivity contribution in [2.75, 3.05) is 13.1 Å². The first-order valence-corrected chi connectivity index (χ1v) is 8.03. The molecule has 4 nitrogen and oxygen atoms in total. The van der Waals surface area contributed by atoms with Gasteiger partial charge in [0.2, 0.25) is 0 Å². The molecular formula is C19H25N3O. The predicted molar refractivity (Wildman–Crippen MR) is 95.5 cm³/mol. The van der Waals surface area contributed by atoms with Gasteiger partial charge in [-0.15, -0.1) is 0 Å². The fourth-order valence-corrected chi connectivity index (χ4v) is 2.32. The highest BCUT2D eigenvalue weighted by molar-refractivity contribution is 5.78. The van der Waals surface area contributed by atoms with Gasteiger partial charge in [0.05, 0.1) is 6.54 Å². The number of rotatable bonds is 7. The molecule has 0 heterocycles. The van der Waals surface area contributed by atoms with Crippen molar-refractivity contribution in [3.8, 4) is 5.75 Å². The molecule has 0 aliphatic heterocycles. The SMILES string of the molecule is CCN(CC)C(N)=NCc1cccc(COc2ccccc2)c1. The molecule has 0 aliphatic carbocycles. The predicted octanol–water partition coefficient (Wildman–Crippen LogP) is 3.42. The number of aliphatic imine (C=N–C) groups is 1. The van der Waals surface area contributed by atoms with Gasteiger partial charge >= 0.3 is 0 Å². The zero-order valence-electron chi connectivity index (χ0n) is 13.9. The van der Waals surface area contributed by atoms with Gasteiger partial charge in [-0.1, -0.05) is 42.5 Å². The molecule has 4 heteroatoms. The van der Waals surface area contributed by atoms with Crippen LogP contribution in [0.4, 0.5) is 0 Å². The summed E-state index contributed by atoms with van der Waals surface area (Å²) in [6.45, 7) is 7.03. The van der Waals surface area contributed by atoms with E-state index in [0.29, 0.717) is 19.1 Å². The lowest BCUT2D eigenvalue weighted by atomic mass is 10.1. The van der Waals surface area contributed by atoms with E-state index in [-0.39, 0.29) is 0 Å². The minimum atomic E-state index is 0.549. The summed E-state index contributed by atoms with van der Waals surface area (Å²) in [7, 11) is 0. The van der Waals surface area contributed by atoms with Gasteiger partial charge in [0.25, 0.3) is 0 Å². The van der Waals surface area contributed by atoms with E-state index in [1.165, 1.54) is 0 Å².